The predicted molar refractivity (Wildman–Crippen MR) is 85.0 cm³/mol. The van der Waals surface area contributed by atoms with Gasteiger partial charge >= 0.3 is 0 Å². The van der Waals surface area contributed by atoms with Gasteiger partial charge in [-0.05, 0) is 31.0 Å². The third kappa shape index (κ3) is 3.55. The van der Waals surface area contributed by atoms with E-state index < -0.39 is 10.0 Å². The highest BCUT2D eigenvalue weighted by molar-refractivity contribution is 7.89. The average Bonchev–Trinajstić information content (AvgIpc) is 3.28. The summed E-state index contributed by atoms with van der Waals surface area (Å²) in [6.45, 7) is 2.31. The molecule has 5 heteroatoms. The molecule has 2 aromatic carbocycles. The summed E-state index contributed by atoms with van der Waals surface area (Å²) in [7, 11) is -3.43. The number of hydrogen-bond acceptors (Lipinski definition) is 3. The lowest BCUT2D eigenvalue weighted by molar-refractivity contribution is 0.366. The molecule has 1 saturated heterocycles. The second-order valence-electron chi connectivity index (χ2n) is 5.51. The van der Waals surface area contributed by atoms with E-state index in [0.29, 0.717) is 17.9 Å². The minimum atomic E-state index is -3.43. The maximum absolute atomic E-state index is 12.1. The fourth-order valence-electron chi connectivity index (χ4n) is 2.43. The van der Waals surface area contributed by atoms with Gasteiger partial charge in [0.25, 0.3) is 0 Å². The zero-order valence-corrected chi connectivity index (χ0v) is 13.2. The molecule has 0 amide bonds. The summed E-state index contributed by atoms with van der Waals surface area (Å²) >= 11 is 0. The number of aryl methyl sites for hydroxylation is 1. The van der Waals surface area contributed by atoms with Crippen molar-refractivity contribution in [3.8, 4) is 0 Å². The molecular formula is C17H19NO3S. The third-order valence-electron chi connectivity index (χ3n) is 3.76. The Hall–Kier alpha value is -1.69. The number of nitrogens with one attached hydrogen (secondary N) is 1. The van der Waals surface area contributed by atoms with E-state index in [2.05, 4.69) is 4.72 Å². The van der Waals surface area contributed by atoms with Crippen LogP contribution in [0.1, 0.15) is 23.7 Å². The van der Waals surface area contributed by atoms with Crippen LogP contribution in [0.3, 0.4) is 0 Å². The van der Waals surface area contributed by atoms with E-state index in [4.69, 9.17) is 4.74 Å². The van der Waals surface area contributed by atoms with E-state index >= 15 is 0 Å². The normalized spacial score (nSPS) is 20.8. The lowest BCUT2D eigenvalue weighted by Crippen LogP contribution is -2.25. The molecular weight excluding hydrogens is 298 g/mol. The summed E-state index contributed by atoms with van der Waals surface area (Å²) in [5.41, 5.74) is 2.19. The fraction of sp³-hybridized carbons (Fsp3) is 0.294. The maximum Gasteiger partial charge on any atom is 0.240 e. The van der Waals surface area contributed by atoms with Crippen LogP contribution in [-0.2, 0) is 14.8 Å². The van der Waals surface area contributed by atoms with Gasteiger partial charge in [0.2, 0.25) is 10.0 Å². The van der Waals surface area contributed by atoms with Crippen LogP contribution in [0.5, 0.6) is 0 Å². The Morgan fingerprint density at radius 3 is 2.41 bits per heavy atom. The Bertz CT molecular complexity index is 726. The van der Waals surface area contributed by atoms with E-state index in [9.17, 15) is 8.42 Å². The Balaban J connectivity index is 1.51. The molecule has 0 aromatic heterocycles. The van der Waals surface area contributed by atoms with Gasteiger partial charge in [-0.3, -0.25) is 0 Å². The Labute approximate surface area is 131 Å². The highest BCUT2D eigenvalue weighted by Gasteiger charge is 2.39. The molecule has 0 unspecified atom stereocenters. The number of sulfonamides is 1. The Kier molecular flexibility index (Phi) is 4.29. The van der Waals surface area contributed by atoms with Crippen LogP contribution in [0.25, 0.3) is 0 Å². The second kappa shape index (κ2) is 6.20. The van der Waals surface area contributed by atoms with Crippen molar-refractivity contribution >= 4 is 10.0 Å². The number of rotatable bonds is 6. The molecule has 1 aliphatic rings. The first-order valence-electron chi connectivity index (χ1n) is 7.33. The first-order chi connectivity index (χ1) is 10.6. The summed E-state index contributed by atoms with van der Waals surface area (Å²) in [5.74, 6) is 0. The molecule has 0 spiro atoms. The van der Waals surface area contributed by atoms with Gasteiger partial charge in [0.1, 0.15) is 6.10 Å². The van der Waals surface area contributed by atoms with Crippen LogP contribution < -0.4 is 4.72 Å². The van der Waals surface area contributed by atoms with Crippen LogP contribution in [-0.4, -0.2) is 21.1 Å². The molecule has 1 N–H and O–H groups in total. The van der Waals surface area contributed by atoms with Gasteiger partial charge in [0.05, 0.1) is 11.0 Å². The number of benzene rings is 2. The number of epoxide rings is 1. The topological polar surface area (TPSA) is 58.7 Å². The van der Waals surface area contributed by atoms with Crippen molar-refractivity contribution in [2.75, 3.05) is 6.54 Å². The van der Waals surface area contributed by atoms with Crippen molar-refractivity contribution in [3.63, 3.8) is 0 Å². The van der Waals surface area contributed by atoms with E-state index in [1.54, 1.807) is 24.3 Å². The molecule has 116 valence electrons. The summed E-state index contributed by atoms with van der Waals surface area (Å²) in [6, 6.07) is 16.8. The molecule has 1 heterocycles. The van der Waals surface area contributed by atoms with E-state index in [1.165, 1.54) is 0 Å². The number of ether oxygens (including phenoxy) is 1. The van der Waals surface area contributed by atoms with Crippen molar-refractivity contribution in [3.05, 3.63) is 65.7 Å². The van der Waals surface area contributed by atoms with Gasteiger partial charge in [-0.2, -0.15) is 0 Å². The van der Waals surface area contributed by atoms with Gasteiger partial charge in [-0.25, -0.2) is 13.1 Å². The minimum absolute atomic E-state index is 0.100. The standard InChI is InChI=1S/C17H19NO3S/c1-13-7-9-15(10-8-13)22(19,20)18-12-11-16-17(21-16)14-5-3-2-4-6-14/h2-10,16-18H,11-12H2,1H3/t16-,17+/m1/s1. The Morgan fingerprint density at radius 1 is 1.05 bits per heavy atom. The number of hydrogen-bond donors (Lipinski definition) is 1. The average molecular weight is 317 g/mol. The fourth-order valence-corrected chi connectivity index (χ4v) is 3.48. The quantitative estimate of drug-likeness (QED) is 0.834. The van der Waals surface area contributed by atoms with Crippen molar-refractivity contribution < 1.29 is 13.2 Å². The van der Waals surface area contributed by atoms with Crippen LogP contribution in [0.15, 0.2) is 59.5 Å². The monoisotopic (exact) mass is 317 g/mol. The van der Waals surface area contributed by atoms with Gasteiger partial charge in [0, 0.05) is 6.54 Å². The van der Waals surface area contributed by atoms with Gasteiger partial charge in [0.15, 0.2) is 0 Å². The highest BCUT2D eigenvalue weighted by Crippen LogP contribution is 2.40. The summed E-state index contributed by atoms with van der Waals surface area (Å²) in [6.07, 6.45) is 0.873. The van der Waals surface area contributed by atoms with E-state index in [1.807, 2.05) is 37.3 Å². The minimum Gasteiger partial charge on any atom is -0.364 e. The van der Waals surface area contributed by atoms with E-state index in [-0.39, 0.29) is 12.2 Å². The van der Waals surface area contributed by atoms with Crippen molar-refractivity contribution in [2.24, 2.45) is 0 Å². The van der Waals surface area contributed by atoms with Gasteiger partial charge in [-0.15, -0.1) is 0 Å². The predicted octanol–water partition coefficient (Wildman–Crippen LogP) is 2.80. The molecule has 2 aromatic rings. The first-order valence-corrected chi connectivity index (χ1v) is 8.81. The zero-order chi connectivity index (χ0) is 15.6. The molecule has 1 aliphatic heterocycles. The van der Waals surface area contributed by atoms with Crippen molar-refractivity contribution in [1.29, 1.82) is 0 Å². The van der Waals surface area contributed by atoms with Crippen LogP contribution in [0.4, 0.5) is 0 Å². The second-order valence-corrected chi connectivity index (χ2v) is 7.27. The molecule has 0 aliphatic carbocycles. The molecule has 2 atom stereocenters. The van der Waals surface area contributed by atoms with Crippen LogP contribution in [0, 0.1) is 6.92 Å². The van der Waals surface area contributed by atoms with Crippen molar-refractivity contribution in [1.82, 2.24) is 4.72 Å². The maximum atomic E-state index is 12.1. The van der Waals surface area contributed by atoms with Crippen LogP contribution in [0.2, 0.25) is 0 Å². The van der Waals surface area contributed by atoms with Crippen molar-refractivity contribution in [2.45, 2.75) is 30.4 Å². The van der Waals surface area contributed by atoms with Gasteiger partial charge in [-0.1, -0.05) is 48.0 Å². The smallest absolute Gasteiger partial charge is 0.240 e. The first kappa shape index (κ1) is 15.2. The van der Waals surface area contributed by atoms with Gasteiger partial charge < -0.3 is 4.74 Å². The SMILES string of the molecule is Cc1ccc(S(=O)(=O)NCC[C@H]2O[C@H]2c2ccccc2)cc1. The molecule has 0 radical (unpaired) electrons. The molecule has 0 bridgehead atoms. The van der Waals surface area contributed by atoms with Crippen LogP contribution >= 0.6 is 0 Å². The molecule has 0 saturated carbocycles. The third-order valence-corrected chi connectivity index (χ3v) is 5.24. The summed E-state index contributed by atoms with van der Waals surface area (Å²) in [4.78, 5) is 0.300. The highest BCUT2D eigenvalue weighted by atomic mass is 32.2. The largest absolute Gasteiger partial charge is 0.364 e. The zero-order valence-electron chi connectivity index (χ0n) is 12.4. The summed E-state index contributed by atoms with van der Waals surface area (Å²) in [5, 5.41) is 0. The summed E-state index contributed by atoms with van der Waals surface area (Å²) < 4.78 is 32.5. The molecule has 22 heavy (non-hydrogen) atoms. The lowest BCUT2D eigenvalue weighted by atomic mass is 10.1. The molecule has 3 rings (SSSR count). The molecule has 1 fully saturated rings. The Morgan fingerprint density at radius 2 is 1.73 bits per heavy atom. The van der Waals surface area contributed by atoms with E-state index in [0.717, 1.165) is 11.1 Å². The lowest BCUT2D eigenvalue weighted by Gasteiger charge is -2.06. The molecule has 4 nitrogen and oxygen atoms in total.